The number of amides is 1. The van der Waals surface area contributed by atoms with Gasteiger partial charge in [0.15, 0.2) is 6.61 Å². The highest BCUT2D eigenvalue weighted by atomic mass is 35.5. The normalized spacial score (nSPS) is 10.5. The number of rotatable bonds is 7. The third kappa shape index (κ3) is 5.17. The molecule has 5 nitrogen and oxygen atoms in total. The lowest BCUT2D eigenvalue weighted by Gasteiger charge is -2.10. The van der Waals surface area contributed by atoms with Crippen LogP contribution in [-0.4, -0.2) is 25.1 Å². The van der Waals surface area contributed by atoms with E-state index < -0.39 is 11.9 Å². The summed E-state index contributed by atoms with van der Waals surface area (Å²) < 4.78 is 24.0. The van der Waals surface area contributed by atoms with E-state index in [9.17, 15) is 14.0 Å². The van der Waals surface area contributed by atoms with Crippen LogP contribution in [0.4, 0.5) is 9.39 Å². The molecule has 0 aliphatic heterocycles. The maximum atomic E-state index is 13.3. The smallest absolute Gasteiger partial charge is 0.341 e. The molecule has 1 amide bonds. The largest absolute Gasteiger partial charge is 0.484 e. The summed E-state index contributed by atoms with van der Waals surface area (Å²) in [7, 11) is 0. The summed E-state index contributed by atoms with van der Waals surface area (Å²) in [6.45, 7) is 3.47. The van der Waals surface area contributed by atoms with Crippen LogP contribution >= 0.6 is 22.9 Å². The molecule has 0 bridgehead atoms. The Kier molecular flexibility index (Phi) is 7.07. The molecule has 1 N–H and O–H groups in total. The third-order valence-electron chi connectivity index (χ3n) is 4.13. The van der Waals surface area contributed by atoms with Crippen molar-refractivity contribution < 1.29 is 23.5 Å². The van der Waals surface area contributed by atoms with Gasteiger partial charge >= 0.3 is 5.97 Å². The molecule has 2 aromatic carbocycles. The first kappa shape index (κ1) is 21.8. The Hall–Kier alpha value is -2.90. The zero-order chi connectivity index (χ0) is 21.7. The molecule has 1 aromatic heterocycles. The maximum Gasteiger partial charge on any atom is 0.341 e. The second-order valence-electron chi connectivity index (χ2n) is 6.26. The summed E-state index contributed by atoms with van der Waals surface area (Å²) >= 11 is 7.08. The van der Waals surface area contributed by atoms with Crippen molar-refractivity contribution in [1.82, 2.24) is 0 Å². The van der Waals surface area contributed by atoms with E-state index in [2.05, 4.69) is 5.32 Å². The van der Waals surface area contributed by atoms with Crippen LogP contribution < -0.4 is 10.1 Å². The molecule has 0 saturated heterocycles. The van der Waals surface area contributed by atoms with Crippen molar-refractivity contribution in [3.63, 3.8) is 0 Å². The van der Waals surface area contributed by atoms with Crippen LogP contribution in [0.3, 0.4) is 0 Å². The van der Waals surface area contributed by atoms with E-state index in [1.165, 1.54) is 23.5 Å². The molecule has 3 aromatic rings. The fourth-order valence-electron chi connectivity index (χ4n) is 2.84. The number of benzene rings is 2. The van der Waals surface area contributed by atoms with Crippen molar-refractivity contribution in [3.8, 4) is 16.9 Å². The zero-order valence-corrected chi connectivity index (χ0v) is 17.9. The molecule has 1 heterocycles. The number of carbonyl (C=O) groups is 2. The Morgan fingerprint density at radius 1 is 1.10 bits per heavy atom. The molecule has 0 aliphatic carbocycles. The maximum absolute atomic E-state index is 13.3. The minimum Gasteiger partial charge on any atom is -0.484 e. The quantitative estimate of drug-likeness (QED) is 0.471. The summed E-state index contributed by atoms with van der Waals surface area (Å²) in [5, 5.41) is 3.65. The fraction of sp³-hybridized carbons (Fsp3) is 0.182. The Labute approximate surface area is 182 Å². The minimum atomic E-state index is -0.560. The number of anilines is 1. The first-order valence-corrected chi connectivity index (χ1v) is 10.3. The van der Waals surface area contributed by atoms with Gasteiger partial charge in [-0.25, -0.2) is 9.18 Å². The molecule has 30 heavy (non-hydrogen) atoms. The van der Waals surface area contributed by atoms with E-state index in [1.807, 2.05) is 6.92 Å². The van der Waals surface area contributed by atoms with Crippen molar-refractivity contribution in [1.29, 1.82) is 0 Å². The molecule has 0 radical (unpaired) electrons. The van der Waals surface area contributed by atoms with Crippen LogP contribution in [0.15, 0.2) is 48.5 Å². The molecule has 3 rings (SSSR count). The molecular formula is C22H19ClFNO4S. The average molecular weight is 448 g/mol. The van der Waals surface area contributed by atoms with Gasteiger partial charge in [0, 0.05) is 15.5 Å². The van der Waals surface area contributed by atoms with Gasteiger partial charge in [-0.3, -0.25) is 4.79 Å². The monoisotopic (exact) mass is 447 g/mol. The molecule has 0 aliphatic rings. The molecule has 0 fully saturated rings. The second-order valence-corrected chi connectivity index (χ2v) is 7.92. The second kappa shape index (κ2) is 9.73. The van der Waals surface area contributed by atoms with E-state index >= 15 is 0 Å². The number of esters is 1. The molecule has 0 spiro atoms. The highest BCUT2D eigenvalue weighted by Crippen LogP contribution is 2.40. The highest BCUT2D eigenvalue weighted by Gasteiger charge is 2.25. The fourth-order valence-corrected chi connectivity index (χ4v) is 4.04. The van der Waals surface area contributed by atoms with Crippen molar-refractivity contribution in [2.75, 3.05) is 18.5 Å². The summed E-state index contributed by atoms with van der Waals surface area (Å²) in [4.78, 5) is 25.9. The predicted octanol–water partition coefficient (Wildman–Crippen LogP) is 5.71. The van der Waals surface area contributed by atoms with Crippen molar-refractivity contribution in [3.05, 3.63) is 69.8 Å². The van der Waals surface area contributed by atoms with Crippen molar-refractivity contribution >= 4 is 39.8 Å². The molecule has 0 atom stereocenters. The van der Waals surface area contributed by atoms with Crippen molar-refractivity contribution in [2.45, 2.75) is 13.8 Å². The van der Waals surface area contributed by atoms with E-state index in [-0.39, 0.29) is 24.6 Å². The molecule has 0 saturated carbocycles. The van der Waals surface area contributed by atoms with Gasteiger partial charge in [0.1, 0.15) is 22.1 Å². The van der Waals surface area contributed by atoms with Gasteiger partial charge in [-0.1, -0.05) is 23.7 Å². The standard InChI is InChI=1S/C22H19ClFNO4S/c1-3-28-22(27)20-19(14-4-8-16(24)9-5-14)13(2)30-21(20)25-18(26)12-29-17-10-6-15(23)7-11-17/h4-11H,3,12H2,1-2H3,(H,25,26). The van der Waals surface area contributed by atoms with Gasteiger partial charge in [0.2, 0.25) is 0 Å². The highest BCUT2D eigenvalue weighted by molar-refractivity contribution is 7.17. The average Bonchev–Trinajstić information content (AvgIpc) is 3.04. The van der Waals surface area contributed by atoms with Crippen LogP contribution in [0.5, 0.6) is 5.75 Å². The SMILES string of the molecule is CCOC(=O)c1c(NC(=O)COc2ccc(Cl)cc2)sc(C)c1-c1ccc(F)cc1. The van der Waals surface area contributed by atoms with E-state index in [1.54, 1.807) is 43.3 Å². The molecule has 8 heteroatoms. The van der Waals surface area contributed by atoms with Gasteiger partial charge in [0.05, 0.1) is 6.61 Å². The lowest BCUT2D eigenvalue weighted by atomic mass is 10.0. The number of hydrogen-bond donors (Lipinski definition) is 1. The van der Waals surface area contributed by atoms with Crippen LogP contribution in [0.2, 0.25) is 5.02 Å². The summed E-state index contributed by atoms with van der Waals surface area (Å²) in [5.74, 6) is -0.871. The van der Waals surface area contributed by atoms with Crippen LogP contribution in [-0.2, 0) is 9.53 Å². The van der Waals surface area contributed by atoms with Gasteiger partial charge in [-0.2, -0.15) is 0 Å². The van der Waals surface area contributed by atoms with Crippen molar-refractivity contribution in [2.24, 2.45) is 0 Å². The van der Waals surface area contributed by atoms with Gasteiger partial charge in [0.25, 0.3) is 5.91 Å². The Morgan fingerprint density at radius 3 is 2.40 bits per heavy atom. The lowest BCUT2D eigenvalue weighted by Crippen LogP contribution is -2.21. The van der Waals surface area contributed by atoms with Gasteiger partial charge < -0.3 is 14.8 Å². The number of halogens is 2. The number of thiophene rings is 1. The van der Waals surface area contributed by atoms with Crippen LogP contribution in [0, 0.1) is 12.7 Å². The first-order valence-electron chi connectivity index (χ1n) is 9.13. The van der Waals surface area contributed by atoms with E-state index in [0.29, 0.717) is 26.9 Å². The van der Waals surface area contributed by atoms with Gasteiger partial charge in [-0.05, 0) is 55.8 Å². The molecule has 156 valence electrons. The lowest BCUT2D eigenvalue weighted by molar-refractivity contribution is -0.118. The first-order chi connectivity index (χ1) is 14.4. The van der Waals surface area contributed by atoms with E-state index in [4.69, 9.17) is 21.1 Å². The Bertz CT molecular complexity index is 1050. The Morgan fingerprint density at radius 2 is 1.77 bits per heavy atom. The Balaban J connectivity index is 1.85. The zero-order valence-electron chi connectivity index (χ0n) is 16.3. The predicted molar refractivity (Wildman–Crippen MR) is 116 cm³/mol. The van der Waals surface area contributed by atoms with Gasteiger partial charge in [-0.15, -0.1) is 11.3 Å². The number of aryl methyl sites for hydroxylation is 1. The number of carbonyl (C=O) groups excluding carboxylic acids is 2. The topological polar surface area (TPSA) is 64.6 Å². The minimum absolute atomic E-state index is 0.184. The van der Waals surface area contributed by atoms with E-state index in [0.717, 1.165) is 4.88 Å². The summed E-state index contributed by atoms with van der Waals surface area (Å²) in [5.41, 5.74) is 1.50. The summed E-state index contributed by atoms with van der Waals surface area (Å²) in [6.07, 6.45) is 0. The van der Waals surface area contributed by atoms with Crippen LogP contribution in [0.1, 0.15) is 22.2 Å². The summed E-state index contributed by atoms with van der Waals surface area (Å²) in [6, 6.07) is 12.4. The number of nitrogens with one attached hydrogen (secondary N) is 1. The van der Waals surface area contributed by atoms with Crippen LogP contribution in [0.25, 0.3) is 11.1 Å². The number of ether oxygens (including phenoxy) is 2. The molecule has 0 unspecified atom stereocenters. The third-order valence-corrected chi connectivity index (χ3v) is 5.41. The molecular weight excluding hydrogens is 429 g/mol. The number of hydrogen-bond acceptors (Lipinski definition) is 5.